The van der Waals surface area contributed by atoms with Crippen LogP contribution in [0.25, 0.3) is 0 Å². The van der Waals surface area contributed by atoms with Gasteiger partial charge in [0, 0.05) is 25.7 Å². The molecule has 0 heterocycles. The van der Waals surface area contributed by atoms with Gasteiger partial charge in [0.25, 0.3) is 0 Å². The van der Waals surface area contributed by atoms with Gasteiger partial charge in [0.1, 0.15) is 0 Å². The van der Waals surface area contributed by atoms with Crippen LogP contribution in [-0.4, -0.2) is 39.5 Å². The van der Waals surface area contributed by atoms with E-state index in [9.17, 15) is 8.42 Å². The molecule has 6 heteroatoms. The Morgan fingerprint density at radius 3 is 2.57 bits per heavy atom. The molecule has 3 N–H and O–H groups in total. The number of likely N-dealkylation sites (N-methyl/N-ethyl adjacent to an activating group) is 1. The van der Waals surface area contributed by atoms with E-state index < -0.39 is 10.0 Å². The summed E-state index contributed by atoms with van der Waals surface area (Å²) in [6.07, 6.45) is 1.04. The highest BCUT2D eigenvalue weighted by molar-refractivity contribution is 7.89. The molecule has 120 valence electrons. The summed E-state index contributed by atoms with van der Waals surface area (Å²) in [5.74, 6) is 0. The largest absolute Gasteiger partial charge is 0.326 e. The Hall–Kier alpha value is -0.950. The topological polar surface area (TPSA) is 75.4 Å². The first-order chi connectivity index (χ1) is 9.81. The molecule has 0 fully saturated rings. The zero-order chi connectivity index (χ0) is 16.0. The lowest BCUT2D eigenvalue weighted by Crippen LogP contribution is -2.37. The molecular weight excluding hydrogens is 286 g/mol. The molecule has 1 aromatic carbocycles. The van der Waals surface area contributed by atoms with Crippen LogP contribution < -0.4 is 10.5 Å². The van der Waals surface area contributed by atoms with E-state index in [2.05, 4.69) is 23.5 Å². The van der Waals surface area contributed by atoms with E-state index in [1.165, 1.54) is 0 Å². The summed E-state index contributed by atoms with van der Waals surface area (Å²) in [6, 6.07) is 5.64. The van der Waals surface area contributed by atoms with Gasteiger partial charge in [0.05, 0.1) is 4.90 Å². The van der Waals surface area contributed by atoms with Crippen LogP contribution in [0, 0.1) is 6.92 Å². The Kier molecular flexibility index (Phi) is 6.80. The summed E-state index contributed by atoms with van der Waals surface area (Å²) in [4.78, 5) is 2.47. The lowest BCUT2D eigenvalue weighted by molar-refractivity contribution is 0.256. The van der Waals surface area contributed by atoms with Gasteiger partial charge in [-0.1, -0.05) is 19.1 Å². The molecule has 0 saturated carbocycles. The molecule has 0 aliphatic carbocycles. The van der Waals surface area contributed by atoms with Crippen molar-refractivity contribution in [1.82, 2.24) is 9.62 Å². The van der Waals surface area contributed by atoms with Crippen LogP contribution in [0.5, 0.6) is 0 Å². The fraction of sp³-hybridized carbons (Fsp3) is 0.600. The van der Waals surface area contributed by atoms with Gasteiger partial charge in [-0.3, -0.25) is 0 Å². The minimum atomic E-state index is -3.46. The number of aryl methyl sites for hydroxylation is 1. The van der Waals surface area contributed by atoms with Crippen molar-refractivity contribution in [2.45, 2.75) is 44.7 Å². The van der Waals surface area contributed by atoms with E-state index in [0.717, 1.165) is 17.5 Å². The van der Waals surface area contributed by atoms with Crippen molar-refractivity contribution >= 4 is 10.0 Å². The van der Waals surface area contributed by atoms with Gasteiger partial charge in [-0.15, -0.1) is 0 Å². The fourth-order valence-electron chi connectivity index (χ4n) is 2.11. The molecule has 0 aliphatic heterocycles. The van der Waals surface area contributed by atoms with Crippen LogP contribution in [0.15, 0.2) is 23.1 Å². The van der Waals surface area contributed by atoms with Gasteiger partial charge in [0.2, 0.25) is 10.0 Å². The van der Waals surface area contributed by atoms with Crippen LogP contribution in [0.1, 0.15) is 31.4 Å². The molecule has 0 saturated heterocycles. The Balaban J connectivity index is 2.70. The smallest absolute Gasteiger partial charge is 0.240 e. The molecule has 0 amide bonds. The summed E-state index contributed by atoms with van der Waals surface area (Å²) < 4.78 is 27.3. The van der Waals surface area contributed by atoms with E-state index in [1.54, 1.807) is 19.1 Å². The van der Waals surface area contributed by atoms with Crippen molar-refractivity contribution in [1.29, 1.82) is 0 Å². The summed E-state index contributed by atoms with van der Waals surface area (Å²) in [5.41, 5.74) is 7.22. The van der Waals surface area contributed by atoms with Crippen molar-refractivity contribution in [2.75, 3.05) is 20.1 Å². The Morgan fingerprint density at radius 1 is 1.38 bits per heavy atom. The zero-order valence-electron chi connectivity index (χ0n) is 13.4. The second kappa shape index (κ2) is 7.89. The lowest BCUT2D eigenvalue weighted by Gasteiger charge is -2.23. The highest BCUT2D eigenvalue weighted by Gasteiger charge is 2.17. The van der Waals surface area contributed by atoms with Gasteiger partial charge in [0.15, 0.2) is 0 Å². The maximum absolute atomic E-state index is 12.3. The molecule has 0 spiro atoms. The lowest BCUT2D eigenvalue weighted by atomic mass is 10.1. The van der Waals surface area contributed by atoms with Gasteiger partial charge in [-0.25, -0.2) is 13.1 Å². The average Bonchev–Trinajstić information content (AvgIpc) is 2.45. The molecule has 0 aliphatic rings. The average molecular weight is 313 g/mol. The van der Waals surface area contributed by atoms with E-state index in [-0.39, 0.29) is 0 Å². The van der Waals surface area contributed by atoms with Crippen LogP contribution >= 0.6 is 0 Å². The minimum Gasteiger partial charge on any atom is -0.326 e. The standard InChI is InChI=1S/C15H27N3O2S/c1-5-13(3)18(4)9-8-17-21(19,20)15-7-6-14(11-16)10-12(15)2/h6-7,10,13,17H,5,8-9,11,16H2,1-4H3. The molecule has 1 aromatic rings. The van der Waals surface area contributed by atoms with E-state index in [4.69, 9.17) is 5.73 Å². The third-order valence-electron chi connectivity index (χ3n) is 3.86. The predicted molar refractivity (Wildman–Crippen MR) is 86.6 cm³/mol. The monoisotopic (exact) mass is 313 g/mol. The molecule has 0 radical (unpaired) electrons. The number of nitrogens with one attached hydrogen (secondary N) is 1. The quantitative estimate of drug-likeness (QED) is 0.762. The maximum atomic E-state index is 12.3. The molecule has 5 nitrogen and oxygen atoms in total. The first-order valence-corrected chi connectivity index (χ1v) is 8.79. The maximum Gasteiger partial charge on any atom is 0.240 e. The van der Waals surface area contributed by atoms with Crippen LogP contribution in [-0.2, 0) is 16.6 Å². The van der Waals surface area contributed by atoms with Crippen molar-refractivity contribution in [3.8, 4) is 0 Å². The molecule has 21 heavy (non-hydrogen) atoms. The predicted octanol–water partition coefficient (Wildman–Crippen LogP) is 1.46. The molecule has 1 atom stereocenters. The second-order valence-electron chi connectivity index (χ2n) is 5.44. The number of rotatable bonds is 8. The third-order valence-corrected chi connectivity index (χ3v) is 5.49. The number of benzene rings is 1. The van der Waals surface area contributed by atoms with Gasteiger partial charge < -0.3 is 10.6 Å². The van der Waals surface area contributed by atoms with E-state index in [1.807, 2.05) is 13.1 Å². The highest BCUT2D eigenvalue weighted by Crippen LogP contribution is 2.16. The van der Waals surface area contributed by atoms with Gasteiger partial charge >= 0.3 is 0 Å². The van der Waals surface area contributed by atoms with E-state index in [0.29, 0.717) is 30.6 Å². The number of nitrogens with zero attached hydrogens (tertiary/aromatic N) is 1. The van der Waals surface area contributed by atoms with E-state index >= 15 is 0 Å². The summed E-state index contributed by atoms with van der Waals surface area (Å²) in [6.45, 7) is 7.54. The van der Waals surface area contributed by atoms with Crippen LogP contribution in [0.4, 0.5) is 0 Å². The highest BCUT2D eigenvalue weighted by atomic mass is 32.2. The molecule has 1 rings (SSSR count). The third kappa shape index (κ3) is 5.07. The van der Waals surface area contributed by atoms with Crippen LogP contribution in [0.2, 0.25) is 0 Å². The number of sulfonamides is 1. The summed E-state index contributed by atoms with van der Waals surface area (Å²) >= 11 is 0. The Labute approximate surface area is 128 Å². The normalized spacial score (nSPS) is 13.6. The van der Waals surface area contributed by atoms with Crippen molar-refractivity contribution in [3.63, 3.8) is 0 Å². The first-order valence-electron chi connectivity index (χ1n) is 7.31. The van der Waals surface area contributed by atoms with Crippen molar-refractivity contribution in [2.24, 2.45) is 5.73 Å². The van der Waals surface area contributed by atoms with Crippen LogP contribution in [0.3, 0.4) is 0 Å². The zero-order valence-corrected chi connectivity index (χ0v) is 14.2. The van der Waals surface area contributed by atoms with Gasteiger partial charge in [-0.2, -0.15) is 0 Å². The minimum absolute atomic E-state index is 0.325. The first kappa shape index (κ1) is 18.1. The Bertz CT molecular complexity index is 558. The Morgan fingerprint density at radius 2 is 2.05 bits per heavy atom. The van der Waals surface area contributed by atoms with Crippen molar-refractivity contribution < 1.29 is 8.42 Å². The summed E-state index contributed by atoms with van der Waals surface area (Å²) in [7, 11) is -1.46. The molecule has 1 unspecified atom stereocenters. The summed E-state index contributed by atoms with van der Waals surface area (Å²) in [5, 5.41) is 0. The SMILES string of the molecule is CCC(C)N(C)CCNS(=O)(=O)c1ccc(CN)cc1C. The second-order valence-corrected chi connectivity index (χ2v) is 7.18. The molecular formula is C15H27N3O2S. The van der Waals surface area contributed by atoms with Crippen molar-refractivity contribution in [3.05, 3.63) is 29.3 Å². The molecule has 0 aromatic heterocycles. The number of hydrogen-bond acceptors (Lipinski definition) is 4. The fourth-order valence-corrected chi connectivity index (χ4v) is 3.35. The number of nitrogens with two attached hydrogens (primary N) is 1. The van der Waals surface area contributed by atoms with Gasteiger partial charge in [-0.05, 0) is 44.5 Å². The molecule has 0 bridgehead atoms. The number of hydrogen-bond donors (Lipinski definition) is 2.